The summed E-state index contributed by atoms with van der Waals surface area (Å²) in [6.45, 7) is 7.87. The number of hydrogen-bond donors (Lipinski definition) is 1. The van der Waals surface area contributed by atoms with E-state index < -0.39 is 0 Å². The van der Waals surface area contributed by atoms with Crippen molar-refractivity contribution in [3.8, 4) is 0 Å². The predicted octanol–water partition coefficient (Wildman–Crippen LogP) is 1.47. The number of aromatic nitrogens is 3. The van der Waals surface area contributed by atoms with Crippen LogP contribution in [0.15, 0.2) is 16.9 Å². The van der Waals surface area contributed by atoms with Crippen LogP contribution < -0.4 is 5.32 Å². The number of carbonyl (C=O) groups excluding carboxylic acids is 1. The minimum Gasteiger partial charge on any atom is -0.361 e. The molecule has 1 aliphatic heterocycles. The van der Waals surface area contributed by atoms with Crippen LogP contribution in [0, 0.1) is 13.8 Å². The van der Waals surface area contributed by atoms with Gasteiger partial charge in [-0.25, -0.2) is 0 Å². The van der Waals surface area contributed by atoms with Crippen LogP contribution in [-0.4, -0.2) is 63.9 Å². The fourth-order valence-corrected chi connectivity index (χ4v) is 3.28. The quantitative estimate of drug-likeness (QED) is 0.791. The van der Waals surface area contributed by atoms with Crippen molar-refractivity contribution in [2.45, 2.75) is 26.4 Å². The Balaban J connectivity index is 0.00000182. The molecular formula is C17H28Cl2N6O2. The Morgan fingerprint density at radius 1 is 1.26 bits per heavy atom. The van der Waals surface area contributed by atoms with E-state index >= 15 is 0 Å². The number of piperazine rings is 1. The average molecular weight is 419 g/mol. The number of likely N-dealkylation sites (N-methyl/N-ethyl adjacent to an activating group) is 1. The van der Waals surface area contributed by atoms with Gasteiger partial charge < -0.3 is 14.7 Å². The minimum absolute atomic E-state index is 0. The van der Waals surface area contributed by atoms with Crippen LogP contribution in [0.2, 0.25) is 0 Å². The number of halogens is 2. The molecule has 2 aromatic heterocycles. The minimum atomic E-state index is -0.345. The van der Waals surface area contributed by atoms with Crippen molar-refractivity contribution >= 4 is 30.7 Å². The van der Waals surface area contributed by atoms with E-state index in [0.29, 0.717) is 0 Å². The fourth-order valence-electron chi connectivity index (χ4n) is 3.28. The Kier molecular flexibility index (Phi) is 8.74. The summed E-state index contributed by atoms with van der Waals surface area (Å²) >= 11 is 0. The lowest BCUT2D eigenvalue weighted by atomic mass is 10.1. The zero-order valence-corrected chi connectivity index (χ0v) is 17.8. The number of amides is 1. The lowest BCUT2D eigenvalue weighted by molar-refractivity contribution is -0.135. The second-order valence-electron chi connectivity index (χ2n) is 6.57. The summed E-state index contributed by atoms with van der Waals surface area (Å²) in [4.78, 5) is 17.1. The Bertz CT molecular complexity index is 720. The van der Waals surface area contributed by atoms with E-state index in [2.05, 4.69) is 20.5 Å². The number of nitrogens with zero attached hydrogens (tertiary/aromatic N) is 5. The maximum atomic E-state index is 12.9. The first kappa shape index (κ1) is 23.4. The third-order valence-corrected chi connectivity index (χ3v) is 4.84. The lowest BCUT2D eigenvalue weighted by Crippen LogP contribution is -2.51. The SMILES string of the molecule is CNC(C(=O)N1CCN(Cc2c(C)noc2C)CC1)c1cnn(C)c1.Cl.Cl. The van der Waals surface area contributed by atoms with Gasteiger partial charge in [0.25, 0.3) is 0 Å². The number of nitrogens with one attached hydrogen (secondary N) is 1. The molecule has 0 bridgehead atoms. The van der Waals surface area contributed by atoms with Crippen LogP contribution in [0.3, 0.4) is 0 Å². The number of carbonyl (C=O) groups is 1. The average Bonchev–Trinajstić information content (AvgIpc) is 3.16. The van der Waals surface area contributed by atoms with E-state index in [0.717, 1.165) is 55.3 Å². The second-order valence-corrected chi connectivity index (χ2v) is 6.57. The van der Waals surface area contributed by atoms with E-state index in [1.807, 2.05) is 39.0 Å². The van der Waals surface area contributed by atoms with Gasteiger partial charge in [-0.05, 0) is 20.9 Å². The van der Waals surface area contributed by atoms with Crippen LogP contribution in [0.1, 0.15) is 28.6 Å². The first-order valence-electron chi connectivity index (χ1n) is 8.58. The van der Waals surface area contributed by atoms with Crippen molar-refractivity contribution < 1.29 is 9.32 Å². The molecule has 1 saturated heterocycles. The molecule has 0 aromatic carbocycles. The van der Waals surface area contributed by atoms with Gasteiger partial charge in [-0.15, -0.1) is 24.8 Å². The molecular weight excluding hydrogens is 391 g/mol. The smallest absolute Gasteiger partial charge is 0.244 e. The van der Waals surface area contributed by atoms with Crippen LogP contribution in [0.4, 0.5) is 0 Å². The normalized spacial score (nSPS) is 15.8. The number of rotatable bonds is 5. The first-order valence-corrected chi connectivity index (χ1v) is 8.58. The molecule has 0 radical (unpaired) electrons. The highest BCUT2D eigenvalue weighted by Crippen LogP contribution is 2.19. The summed E-state index contributed by atoms with van der Waals surface area (Å²) in [5, 5.41) is 11.3. The van der Waals surface area contributed by atoms with Crippen molar-refractivity contribution in [1.29, 1.82) is 0 Å². The highest BCUT2D eigenvalue weighted by Gasteiger charge is 2.28. The standard InChI is InChI=1S/C17H26N6O2.2ClH/c1-12-15(13(2)25-20-12)11-22-5-7-23(8-6-22)17(24)16(18-3)14-9-19-21(4)10-14;;/h9-10,16,18H,5-8,11H2,1-4H3;2*1H. The van der Waals surface area contributed by atoms with Crippen LogP contribution >= 0.6 is 24.8 Å². The van der Waals surface area contributed by atoms with Crippen LogP contribution in [-0.2, 0) is 18.4 Å². The third kappa shape index (κ3) is 5.22. The molecule has 8 nitrogen and oxygen atoms in total. The lowest BCUT2D eigenvalue weighted by Gasteiger charge is -2.36. The molecule has 1 amide bonds. The maximum Gasteiger partial charge on any atom is 0.244 e. The maximum absolute atomic E-state index is 12.9. The van der Waals surface area contributed by atoms with Crippen molar-refractivity contribution in [3.05, 3.63) is 35.0 Å². The van der Waals surface area contributed by atoms with Crippen molar-refractivity contribution in [2.24, 2.45) is 7.05 Å². The molecule has 1 atom stereocenters. The van der Waals surface area contributed by atoms with Crippen LogP contribution in [0.25, 0.3) is 0 Å². The number of hydrogen-bond acceptors (Lipinski definition) is 6. The molecule has 0 spiro atoms. The molecule has 3 rings (SSSR count). The summed E-state index contributed by atoms with van der Waals surface area (Å²) < 4.78 is 6.95. The van der Waals surface area contributed by atoms with Gasteiger partial charge in [-0.2, -0.15) is 5.10 Å². The molecule has 1 aliphatic rings. The highest BCUT2D eigenvalue weighted by molar-refractivity contribution is 5.85. The van der Waals surface area contributed by atoms with E-state index in [1.54, 1.807) is 10.9 Å². The van der Waals surface area contributed by atoms with Gasteiger partial charge in [-0.1, -0.05) is 5.16 Å². The van der Waals surface area contributed by atoms with Gasteiger partial charge in [-0.3, -0.25) is 14.4 Å². The van der Waals surface area contributed by atoms with Crippen LogP contribution in [0.5, 0.6) is 0 Å². The molecule has 3 heterocycles. The van der Waals surface area contributed by atoms with Crippen molar-refractivity contribution in [2.75, 3.05) is 33.2 Å². The van der Waals surface area contributed by atoms with E-state index in [1.165, 1.54) is 0 Å². The van der Waals surface area contributed by atoms with Gasteiger partial charge in [0.1, 0.15) is 11.8 Å². The summed E-state index contributed by atoms with van der Waals surface area (Å²) in [5.74, 6) is 0.982. The Morgan fingerprint density at radius 3 is 2.41 bits per heavy atom. The highest BCUT2D eigenvalue weighted by atomic mass is 35.5. The van der Waals surface area contributed by atoms with Gasteiger partial charge in [0, 0.05) is 57.1 Å². The summed E-state index contributed by atoms with van der Waals surface area (Å²) in [6.07, 6.45) is 3.62. The third-order valence-electron chi connectivity index (χ3n) is 4.84. The second kappa shape index (κ2) is 10.1. The van der Waals surface area contributed by atoms with E-state index in [9.17, 15) is 4.79 Å². The summed E-state index contributed by atoms with van der Waals surface area (Å²) in [7, 11) is 3.66. The summed E-state index contributed by atoms with van der Waals surface area (Å²) in [5.41, 5.74) is 3.00. The predicted molar refractivity (Wildman–Crippen MR) is 107 cm³/mol. The van der Waals surface area contributed by atoms with Crippen molar-refractivity contribution in [3.63, 3.8) is 0 Å². The topological polar surface area (TPSA) is 79.4 Å². The monoisotopic (exact) mass is 418 g/mol. The van der Waals surface area contributed by atoms with E-state index in [4.69, 9.17) is 4.52 Å². The zero-order valence-electron chi connectivity index (χ0n) is 16.1. The number of aryl methyl sites for hydroxylation is 3. The van der Waals surface area contributed by atoms with Gasteiger partial charge in [0.2, 0.25) is 5.91 Å². The molecule has 152 valence electrons. The van der Waals surface area contributed by atoms with Gasteiger partial charge in [0.05, 0.1) is 11.9 Å². The largest absolute Gasteiger partial charge is 0.361 e. The molecule has 10 heteroatoms. The summed E-state index contributed by atoms with van der Waals surface area (Å²) in [6, 6.07) is -0.345. The molecule has 1 N–H and O–H groups in total. The molecule has 27 heavy (non-hydrogen) atoms. The fraction of sp³-hybridized carbons (Fsp3) is 0.588. The molecule has 1 fully saturated rings. The Labute approximate surface area is 172 Å². The van der Waals surface area contributed by atoms with Crippen molar-refractivity contribution in [1.82, 2.24) is 30.1 Å². The Morgan fingerprint density at radius 2 is 1.93 bits per heavy atom. The molecule has 0 saturated carbocycles. The Hall–Kier alpha value is -1.61. The first-order chi connectivity index (χ1) is 12.0. The van der Waals surface area contributed by atoms with Gasteiger partial charge in [0.15, 0.2) is 0 Å². The zero-order chi connectivity index (χ0) is 18.0. The molecule has 1 unspecified atom stereocenters. The van der Waals surface area contributed by atoms with Gasteiger partial charge >= 0.3 is 0 Å². The molecule has 2 aromatic rings. The molecule has 0 aliphatic carbocycles. The van der Waals surface area contributed by atoms with E-state index in [-0.39, 0.29) is 36.8 Å².